The number of pyridine rings is 1. The molecular formula is C22H28N4O2. The minimum atomic E-state index is -0.160. The topological polar surface area (TPSA) is 66.5 Å². The van der Waals surface area contributed by atoms with E-state index in [2.05, 4.69) is 20.5 Å². The molecule has 1 aromatic carbocycles. The lowest BCUT2D eigenvalue weighted by Gasteiger charge is -2.15. The van der Waals surface area contributed by atoms with Gasteiger partial charge < -0.3 is 20.3 Å². The van der Waals surface area contributed by atoms with E-state index in [1.165, 1.54) is 0 Å². The maximum Gasteiger partial charge on any atom is 0.319 e. The maximum atomic E-state index is 12.1. The number of ether oxygens (including phenoxy) is 1. The largest absolute Gasteiger partial charge is 0.383 e. The van der Waals surface area contributed by atoms with Gasteiger partial charge in [0.05, 0.1) is 12.3 Å². The molecular weight excluding hydrogens is 352 g/mol. The molecule has 2 heterocycles. The molecule has 1 fully saturated rings. The molecule has 0 saturated carbocycles. The summed E-state index contributed by atoms with van der Waals surface area (Å²) in [6, 6.07) is 13.4. The second-order valence-corrected chi connectivity index (χ2v) is 6.99. The standard InChI is InChI=1S/C22H28N4O2/c1-28-15-14-26-13-11-19(17-26)16-24-22(27)25-21-9-6-18(7-10-21)5-8-20-4-2-3-12-23-20/h2-10,12,19H,11,13-17H2,1H3,(H2,24,25,27)/b8-5+/t19-/m1/s1. The zero-order valence-electron chi connectivity index (χ0n) is 16.3. The van der Waals surface area contributed by atoms with E-state index in [4.69, 9.17) is 4.74 Å². The lowest BCUT2D eigenvalue weighted by atomic mass is 10.1. The molecule has 6 heteroatoms. The van der Waals surface area contributed by atoms with E-state index in [0.29, 0.717) is 12.5 Å². The van der Waals surface area contributed by atoms with E-state index in [9.17, 15) is 4.79 Å². The van der Waals surface area contributed by atoms with Crippen molar-refractivity contribution >= 4 is 23.9 Å². The van der Waals surface area contributed by atoms with E-state index >= 15 is 0 Å². The van der Waals surface area contributed by atoms with Gasteiger partial charge in [-0.15, -0.1) is 0 Å². The van der Waals surface area contributed by atoms with Crippen LogP contribution in [0.3, 0.4) is 0 Å². The summed E-state index contributed by atoms with van der Waals surface area (Å²) < 4.78 is 5.12. The Bertz CT molecular complexity index is 762. The van der Waals surface area contributed by atoms with Crippen LogP contribution in [0.4, 0.5) is 10.5 Å². The zero-order chi connectivity index (χ0) is 19.6. The molecule has 0 unspecified atom stereocenters. The second-order valence-electron chi connectivity index (χ2n) is 6.99. The molecule has 148 valence electrons. The van der Waals surface area contributed by atoms with E-state index in [0.717, 1.165) is 49.6 Å². The van der Waals surface area contributed by atoms with Crippen LogP contribution in [0.5, 0.6) is 0 Å². The number of nitrogens with one attached hydrogen (secondary N) is 2. The van der Waals surface area contributed by atoms with Crippen molar-refractivity contribution in [3.05, 3.63) is 59.9 Å². The first-order valence-electron chi connectivity index (χ1n) is 9.68. The number of anilines is 1. The van der Waals surface area contributed by atoms with Crippen molar-refractivity contribution in [3.63, 3.8) is 0 Å². The molecule has 0 aliphatic carbocycles. The predicted octanol–water partition coefficient (Wildman–Crippen LogP) is 3.34. The molecule has 0 bridgehead atoms. The monoisotopic (exact) mass is 380 g/mol. The van der Waals surface area contributed by atoms with Gasteiger partial charge in [-0.25, -0.2) is 4.79 Å². The fourth-order valence-corrected chi connectivity index (χ4v) is 3.25. The number of aromatic nitrogens is 1. The number of amides is 2. The number of likely N-dealkylation sites (tertiary alicyclic amines) is 1. The molecule has 2 N–H and O–H groups in total. The highest BCUT2D eigenvalue weighted by Gasteiger charge is 2.22. The van der Waals surface area contributed by atoms with Crippen molar-refractivity contribution in [2.24, 2.45) is 5.92 Å². The summed E-state index contributed by atoms with van der Waals surface area (Å²) in [7, 11) is 1.72. The lowest BCUT2D eigenvalue weighted by molar-refractivity contribution is 0.159. The quantitative estimate of drug-likeness (QED) is 0.737. The highest BCUT2D eigenvalue weighted by Crippen LogP contribution is 2.15. The van der Waals surface area contributed by atoms with E-state index in [1.54, 1.807) is 13.3 Å². The number of benzene rings is 1. The normalized spacial score (nSPS) is 17.1. The van der Waals surface area contributed by atoms with Gasteiger partial charge in [-0.1, -0.05) is 24.3 Å². The van der Waals surface area contributed by atoms with Crippen LogP contribution in [-0.2, 0) is 4.74 Å². The Morgan fingerprint density at radius 1 is 1.25 bits per heavy atom. The summed E-state index contributed by atoms with van der Waals surface area (Å²) in [5, 5.41) is 5.87. The fraction of sp³-hybridized carbons (Fsp3) is 0.364. The molecule has 0 radical (unpaired) electrons. The summed E-state index contributed by atoms with van der Waals surface area (Å²) in [5.41, 5.74) is 2.75. The molecule has 3 rings (SSSR count). The van der Waals surface area contributed by atoms with Crippen LogP contribution in [0.1, 0.15) is 17.7 Å². The number of carbonyl (C=O) groups is 1. The van der Waals surface area contributed by atoms with Crippen LogP contribution in [0.25, 0.3) is 12.2 Å². The van der Waals surface area contributed by atoms with Gasteiger partial charge in [0.25, 0.3) is 0 Å². The van der Waals surface area contributed by atoms with E-state index in [1.807, 2.05) is 54.6 Å². The summed E-state index contributed by atoms with van der Waals surface area (Å²) in [5.74, 6) is 0.502. The fourth-order valence-electron chi connectivity index (χ4n) is 3.25. The third kappa shape index (κ3) is 6.48. The average Bonchev–Trinajstić information content (AvgIpc) is 3.19. The number of hydrogen-bond acceptors (Lipinski definition) is 4. The van der Waals surface area contributed by atoms with Crippen LogP contribution < -0.4 is 10.6 Å². The second kappa shape index (κ2) is 10.6. The summed E-state index contributed by atoms with van der Waals surface area (Å²) in [6.07, 6.45) is 6.85. The number of urea groups is 1. The molecule has 0 spiro atoms. The first-order chi connectivity index (χ1) is 13.7. The zero-order valence-corrected chi connectivity index (χ0v) is 16.3. The van der Waals surface area contributed by atoms with Gasteiger partial charge in [-0.05, 0) is 54.8 Å². The maximum absolute atomic E-state index is 12.1. The van der Waals surface area contributed by atoms with Crippen LogP contribution in [-0.4, -0.2) is 55.8 Å². The Balaban J connectivity index is 1.40. The highest BCUT2D eigenvalue weighted by molar-refractivity contribution is 5.89. The van der Waals surface area contributed by atoms with Crippen molar-refractivity contribution in [3.8, 4) is 0 Å². The first-order valence-corrected chi connectivity index (χ1v) is 9.68. The third-order valence-corrected chi connectivity index (χ3v) is 4.84. The molecule has 2 amide bonds. The Kier molecular flexibility index (Phi) is 7.58. The van der Waals surface area contributed by atoms with Gasteiger partial charge in [0.2, 0.25) is 0 Å². The molecule has 2 aromatic rings. The van der Waals surface area contributed by atoms with Gasteiger partial charge in [0, 0.05) is 38.6 Å². The van der Waals surface area contributed by atoms with Crippen LogP contribution in [0, 0.1) is 5.92 Å². The molecule has 1 aromatic heterocycles. The summed E-state index contributed by atoms with van der Waals surface area (Å²) >= 11 is 0. The Morgan fingerprint density at radius 3 is 2.86 bits per heavy atom. The van der Waals surface area contributed by atoms with Gasteiger partial charge in [-0.3, -0.25) is 4.98 Å². The average molecular weight is 380 g/mol. The molecule has 1 saturated heterocycles. The Morgan fingerprint density at radius 2 is 2.11 bits per heavy atom. The van der Waals surface area contributed by atoms with Crippen molar-refractivity contribution in [2.75, 3.05) is 45.2 Å². The highest BCUT2D eigenvalue weighted by atomic mass is 16.5. The Labute approximate surface area is 166 Å². The smallest absolute Gasteiger partial charge is 0.319 e. The van der Waals surface area contributed by atoms with Gasteiger partial charge in [0.1, 0.15) is 0 Å². The van der Waals surface area contributed by atoms with E-state index in [-0.39, 0.29) is 6.03 Å². The van der Waals surface area contributed by atoms with Gasteiger partial charge in [-0.2, -0.15) is 0 Å². The number of rotatable bonds is 8. The van der Waals surface area contributed by atoms with Crippen LogP contribution in [0.2, 0.25) is 0 Å². The van der Waals surface area contributed by atoms with Gasteiger partial charge >= 0.3 is 6.03 Å². The number of carbonyl (C=O) groups excluding carboxylic acids is 1. The first kappa shape index (κ1) is 20.0. The van der Waals surface area contributed by atoms with Crippen molar-refractivity contribution in [1.82, 2.24) is 15.2 Å². The van der Waals surface area contributed by atoms with E-state index < -0.39 is 0 Å². The van der Waals surface area contributed by atoms with Crippen molar-refractivity contribution in [2.45, 2.75) is 6.42 Å². The number of hydrogen-bond donors (Lipinski definition) is 2. The minimum Gasteiger partial charge on any atom is -0.383 e. The molecule has 1 aliphatic heterocycles. The molecule has 1 atom stereocenters. The summed E-state index contributed by atoms with van der Waals surface area (Å²) in [6.45, 7) is 4.50. The predicted molar refractivity (Wildman–Crippen MR) is 113 cm³/mol. The molecule has 6 nitrogen and oxygen atoms in total. The van der Waals surface area contributed by atoms with Crippen molar-refractivity contribution in [1.29, 1.82) is 0 Å². The molecule has 28 heavy (non-hydrogen) atoms. The molecule has 1 aliphatic rings. The Hall–Kier alpha value is -2.70. The minimum absolute atomic E-state index is 0.160. The van der Waals surface area contributed by atoms with Crippen molar-refractivity contribution < 1.29 is 9.53 Å². The lowest BCUT2D eigenvalue weighted by Crippen LogP contribution is -2.34. The van der Waals surface area contributed by atoms with Gasteiger partial charge in [0.15, 0.2) is 0 Å². The van der Waals surface area contributed by atoms with Crippen LogP contribution >= 0.6 is 0 Å². The number of methoxy groups -OCH3 is 1. The number of nitrogens with zero attached hydrogens (tertiary/aromatic N) is 2. The summed E-state index contributed by atoms with van der Waals surface area (Å²) in [4.78, 5) is 18.8. The third-order valence-electron chi connectivity index (χ3n) is 4.84. The SMILES string of the molecule is COCCN1CC[C@H](CNC(=O)Nc2ccc(/C=C/c3ccccn3)cc2)C1. The van der Waals surface area contributed by atoms with Crippen LogP contribution in [0.15, 0.2) is 48.7 Å².